The second-order valence-corrected chi connectivity index (χ2v) is 6.24. The Hall–Kier alpha value is -2.90. The molecule has 1 amide bonds. The summed E-state index contributed by atoms with van der Waals surface area (Å²) in [6, 6.07) is 5.61. The average Bonchev–Trinajstić information content (AvgIpc) is 3.09. The summed E-state index contributed by atoms with van der Waals surface area (Å²) in [7, 11) is 1.67. The first-order chi connectivity index (χ1) is 12.5. The Bertz CT molecular complexity index is 736. The van der Waals surface area contributed by atoms with Crippen molar-refractivity contribution in [3.8, 4) is 0 Å². The van der Waals surface area contributed by atoms with Crippen molar-refractivity contribution in [3.63, 3.8) is 0 Å². The minimum Gasteiger partial charge on any atom is -0.359 e. The molecule has 0 radical (unpaired) electrons. The molecule has 8 nitrogen and oxygen atoms in total. The SMILES string of the molecule is CN=C(NCCC(=O)Nc1ccc(C)cn1)NCc1cc(C(C)C)no1. The Morgan fingerprint density at radius 1 is 1.31 bits per heavy atom. The first kappa shape index (κ1) is 19.4. The minimum absolute atomic E-state index is 0.110. The molecule has 0 aliphatic heterocycles. The molecule has 8 heteroatoms. The molecule has 2 aromatic rings. The number of carbonyl (C=O) groups excluding carboxylic acids is 1. The molecule has 0 aliphatic rings. The van der Waals surface area contributed by atoms with E-state index in [1.54, 1.807) is 19.3 Å². The Kier molecular flexibility index (Phi) is 7.13. The molecule has 0 saturated carbocycles. The van der Waals surface area contributed by atoms with E-state index in [1.807, 2.05) is 19.1 Å². The van der Waals surface area contributed by atoms with Gasteiger partial charge in [-0.2, -0.15) is 0 Å². The highest BCUT2D eigenvalue weighted by atomic mass is 16.5. The molecule has 0 aliphatic carbocycles. The van der Waals surface area contributed by atoms with Gasteiger partial charge >= 0.3 is 0 Å². The average molecular weight is 358 g/mol. The molecule has 0 fully saturated rings. The first-order valence-corrected chi connectivity index (χ1v) is 8.60. The number of hydrogen-bond acceptors (Lipinski definition) is 5. The molecule has 0 atom stereocenters. The molecular formula is C18H26N6O2. The van der Waals surface area contributed by atoms with E-state index in [0.717, 1.165) is 17.0 Å². The number of pyridine rings is 1. The predicted molar refractivity (Wildman–Crippen MR) is 101 cm³/mol. The number of carbonyl (C=O) groups is 1. The van der Waals surface area contributed by atoms with Crippen LogP contribution < -0.4 is 16.0 Å². The number of hydrogen-bond donors (Lipinski definition) is 3. The van der Waals surface area contributed by atoms with Crippen LogP contribution in [0.1, 0.15) is 43.2 Å². The molecular weight excluding hydrogens is 332 g/mol. The van der Waals surface area contributed by atoms with E-state index in [1.165, 1.54) is 0 Å². The lowest BCUT2D eigenvalue weighted by Crippen LogP contribution is -2.38. The fraction of sp³-hybridized carbons (Fsp3) is 0.444. The number of amides is 1. The van der Waals surface area contributed by atoms with Gasteiger partial charge in [-0.25, -0.2) is 4.98 Å². The van der Waals surface area contributed by atoms with Crippen molar-refractivity contribution < 1.29 is 9.32 Å². The molecule has 2 rings (SSSR count). The molecule has 2 aromatic heterocycles. The zero-order chi connectivity index (χ0) is 18.9. The van der Waals surface area contributed by atoms with Crippen LogP contribution in [0.5, 0.6) is 0 Å². The normalized spacial score (nSPS) is 11.5. The Morgan fingerprint density at radius 2 is 2.12 bits per heavy atom. The van der Waals surface area contributed by atoms with E-state index in [0.29, 0.717) is 37.2 Å². The van der Waals surface area contributed by atoms with E-state index in [-0.39, 0.29) is 5.91 Å². The summed E-state index contributed by atoms with van der Waals surface area (Å²) in [5, 5.41) is 13.0. The molecule has 26 heavy (non-hydrogen) atoms. The van der Waals surface area contributed by atoms with Gasteiger partial charge in [0.1, 0.15) is 5.82 Å². The standard InChI is InChI=1S/C18H26N6O2/c1-12(2)15-9-14(26-24-15)11-22-18(19-4)20-8-7-17(25)23-16-6-5-13(3)10-21-16/h5-6,9-10,12H,7-8,11H2,1-4H3,(H2,19,20,22)(H,21,23,25). The first-order valence-electron chi connectivity index (χ1n) is 8.60. The number of anilines is 1. The number of guanidine groups is 1. The second kappa shape index (κ2) is 9.55. The van der Waals surface area contributed by atoms with Crippen molar-refractivity contribution in [2.24, 2.45) is 4.99 Å². The van der Waals surface area contributed by atoms with Gasteiger partial charge in [-0.05, 0) is 24.5 Å². The van der Waals surface area contributed by atoms with E-state index in [4.69, 9.17) is 4.52 Å². The van der Waals surface area contributed by atoms with Crippen molar-refractivity contribution >= 4 is 17.7 Å². The maximum absolute atomic E-state index is 11.9. The van der Waals surface area contributed by atoms with Crippen molar-refractivity contribution in [3.05, 3.63) is 41.4 Å². The predicted octanol–water partition coefficient (Wildman–Crippen LogP) is 2.20. The quantitative estimate of drug-likeness (QED) is 0.518. The Labute approximate surface area is 153 Å². The van der Waals surface area contributed by atoms with E-state index >= 15 is 0 Å². The number of aliphatic imine (C=N–C) groups is 1. The van der Waals surface area contributed by atoms with Gasteiger partial charge in [0.2, 0.25) is 5.91 Å². The maximum atomic E-state index is 11.9. The summed E-state index contributed by atoms with van der Waals surface area (Å²) in [5.41, 5.74) is 1.97. The molecule has 0 spiro atoms. The fourth-order valence-electron chi connectivity index (χ4n) is 2.12. The molecule has 0 aromatic carbocycles. The van der Waals surface area contributed by atoms with Crippen molar-refractivity contribution in [2.75, 3.05) is 18.9 Å². The van der Waals surface area contributed by atoms with Gasteiger partial charge in [-0.3, -0.25) is 9.79 Å². The third-order valence-corrected chi connectivity index (χ3v) is 3.65. The zero-order valence-corrected chi connectivity index (χ0v) is 15.7. The van der Waals surface area contributed by atoms with E-state index < -0.39 is 0 Å². The summed E-state index contributed by atoms with van der Waals surface area (Å²) < 4.78 is 5.27. The van der Waals surface area contributed by atoms with Gasteiger partial charge in [-0.15, -0.1) is 0 Å². The lowest BCUT2D eigenvalue weighted by atomic mass is 10.1. The van der Waals surface area contributed by atoms with Crippen molar-refractivity contribution in [1.82, 2.24) is 20.8 Å². The number of rotatable bonds is 7. The lowest BCUT2D eigenvalue weighted by Gasteiger charge is -2.10. The topological polar surface area (TPSA) is 104 Å². The van der Waals surface area contributed by atoms with Gasteiger partial charge in [0.05, 0.1) is 12.2 Å². The summed E-state index contributed by atoms with van der Waals surface area (Å²) in [6.07, 6.45) is 2.02. The molecule has 0 saturated heterocycles. The summed E-state index contributed by atoms with van der Waals surface area (Å²) in [4.78, 5) is 20.2. The molecule has 0 unspecified atom stereocenters. The van der Waals surface area contributed by atoms with Crippen LogP contribution in [-0.2, 0) is 11.3 Å². The highest BCUT2D eigenvalue weighted by molar-refractivity contribution is 5.90. The summed E-state index contributed by atoms with van der Waals surface area (Å²) >= 11 is 0. The van der Waals surface area contributed by atoms with Gasteiger partial charge in [-0.1, -0.05) is 25.1 Å². The number of aromatic nitrogens is 2. The van der Waals surface area contributed by atoms with Crippen LogP contribution in [0.2, 0.25) is 0 Å². The lowest BCUT2D eigenvalue weighted by molar-refractivity contribution is -0.116. The largest absolute Gasteiger partial charge is 0.359 e. The number of aryl methyl sites for hydroxylation is 1. The van der Waals surface area contributed by atoms with Gasteiger partial charge < -0.3 is 20.5 Å². The van der Waals surface area contributed by atoms with Gasteiger partial charge in [0, 0.05) is 32.3 Å². The Morgan fingerprint density at radius 3 is 2.73 bits per heavy atom. The van der Waals surface area contributed by atoms with Crippen LogP contribution in [-0.4, -0.2) is 35.6 Å². The summed E-state index contributed by atoms with van der Waals surface area (Å²) in [5.74, 6) is 2.09. The van der Waals surface area contributed by atoms with Crippen LogP contribution in [0.3, 0.4) is 0 Å². The summed E-state index contributed by atoms with van der Waals surface area (Å²) in [6.45, 7) is 6.99. The molecule has 2 heterocycles. The third-order valence-electron chi connectivity index (χ3n) is 3.65. The zero-order valence-electron chi connectivity index (χ0n) is 15.7. The fourth-order valence-corrected chi connectivity index (χ4v) is 2.12. The molecule has 3 N–H and O–H groups in total. The van der Waals surface area contributed by atoms with E-state index in [9.17, 15) is 4.79 Å². The van der Waals surface area contributed by atoms with Crippen LogP contribution in [0.4, 0.5) is 5.82 Å². The van der Waals surface area contributed by atoms with Crippen LogP contribution in [0, 0.1) is 6.92 Å². The highest BCUT2D eigenvalue weighted by Crippen LogP contribution is 2.13. The second-order valence-electron chi connectivity index (χ2n) is 6.24. The monoisotopic (exact) mass is 358 g/mol. The third kappa shape index (κ3) is 6.19. The van der Waals surface area contributed by atoms with Crippen molar-refractivity contribution in [1.29, 1.82) is 0 Å². The number of nitrogens with one attached hydrogen (secondary N) is 3. The van der Waals surface area contributed by atoms with Gasteiger partial charge in [0.15, 0.2) is 11.7 Å². The van der Waals surface area contributed by atoms with E-state index in [2.05, 4.69) is 44.9 Å². The van der Waals surface area contributed by atoms with Crippen LogP contribution in [0.15, 0.2) is 33.9 Å². The number of nitrogens with zero attached hydrogens (tertiary/aromatic N) is 3. The van der Waals surface area contributed by atoms with Crippen LogP contribution in [0.25, 0.3) is 0 Å². The maximum Gasteiger partial charge on any atom is 0.227 e. The Balaban J connectivity index is 1.70. The van der Waals surface area contributed by atoms with Crippen molar-refractivity contribution in [2.45, 2.75) is 39.7 Å². The highest BCUT2D eigenvalue weighted by Gasteiger charge is 2.08. The van der Waals surface area contributed by atoms with Gasteiger partial charge in [0.25, 0.3) is 0 Å². The molecule has 140 valence electrons. The smallest absolute Gasteiger partial charge is 0.227 e. The van der Waals surface area contributed by atoms with Crippen LogP contribution >= 0.6 is 0 Å². The molecule has 0 bridgehead atoms. The minimum atomic E-state index is -0.110.